The molecule has 21 heavy (non-hydrogen) atoms. The molecule has 0 unspecified atom stereocenters. The van der Waals surface area contributed by atoms with Crippen LogP contribution in [0.3, 0.4) is 0 Å². The van der Waals surface area contributed by atoms with Crippen LogP contribution < -0.4 is 4.90 Å². The molecule has 5 nitrogen and oxygen atoms in total. The zero-order valence-electron chi connectivity index (χ0n) is 11.4. The van der Waals surface area contributed by atoms with Gasteiger partial charge in [0.15, 0.2) is 0 Å². The van der Waals surface area contributed by atoms with Crippen molar-refractivity contribution in [3.8, 4) is 0 Å². The van der Waals surface area contributed by atoms with Gasteiger partial charge in [-0.25, -0.2) is 0 Å². The summed E-state index contributed by atoms with van der Waals surface area (Å²) in [6, 6.07) is 2.53. The molecule has 1 aliphatic rings. The molecule has 1 N–H and O–H groups in total. The molecule has 0 aromatic heterocycles. The van der Waals surface area contributed by atoms with Gasteiger partial charge in [0.05, 0.1) is 16.1 Å². The zero-order valence-corrected chi connectivity index (χ0v) is 11.4. The van der Waals surface area contributed by atoms with Gasteiger partial charge in [0.1, 0.15) is 5.69 Å². The minimum absolute atomic E-state index is 0.156. The van der Waals surface area contributed by atoms with Gasteiger partial charge in [-0.15, -0.1) is 0 Å². The maximum Gasteiger partial charge on any atom is 0.416 e. The van der Waals surface area contributed by atoms with Crippen LogP contribution in [0.1, 0.15) is 25.3 Å². The van der Waals surface area contributed by atoms with Crippen molar-refractivity contribution in [1.29, 1.82) is 0 Å². The van der Waals surface area contributed by atoms with Gasteiger partial charge in [-0.05, 0) is 31.9 Å². The summed E-state index contributed by atoms with van der Waals surface area (Å²) in [4.78, 5) is 11.9. The number of nitro groups is 1. The molecule has 2 rings (SSSR count). The third-order valence-electron chi connectivity index (χ3n) is 3.68. The Morgan fingerprint density at radius 2 is 1.90 bits per heavy atom. The highest BCUT2D eigenvalue weighted by atomic mass is 19.4. The third-order valence-corrected chi connectivity index (χ3v) is 3.68. The van der Waals surface area contributed by atoms with E-state index in [4.69, 9.17) is 0 Å². The summed E-state index contributed by atoms with van der Waals surface area (Å²) in [5.41, 5.74) is -2.28. The van der Waals surface area contributed by atoms with Crippen molar-refractivity contribution < 1.29 is 23.2 Å². The molecule has 1 saturated heterocycles. The first-order valence-corrected chi connectivity index (χ1v) is 6.43. The van der Waals surface area contributed by atoms with E-state index in [9.17, 15) is 28.4 Å². The number of nitrogens with zero attached hydrogens (tertiary/aromatic N) is 2. The molecule has 1 aromatic rings. The van der Waals surface area contributed by atoms with Crippen molar-refractivity contribution >= 4 is 11.4 Å². The number of aliphatic hydroxyl groups is 1. The highest BCUT2D eigenvalue weighted by Gasteiger charge is 2.35. The SMILES string of the molecule is CC1(O)CCN(c2ccc(C(F)(F)F)cc2[N+](=O)[O-])CC1. The molecule has 0 atom stereocenters. The first kappa shape index (κ1) is 15.6. The Morgan fingerprint density at radius 3 is 2.38 bits per heavy atom. The Labute approximate surface area is 119 Å². The number of benzene rings is 1. The zero-order chi connectivity index (χ0) is 15.8. The largest absolute Gasteiger partial charge is 0.416 e. The molecule has 1 aromatic carbocycles. The average Bonchev–Trinajstić information content (AvgIpc) is 2.37. The summed E-state index contributed by atoms with van der Waals surface area (Å²) in [5.74, 6) is 0. The van der Waals surface area contributed by atoms with E-state index >= 15 is 0 Å². The number of alkyl halides is 3. The van der Waals surface area contributed by atoms with Crippen molar-refractivity contribution in [3.05, 3.63) is 33.9 Å². The molecule has 1 aliphatic heterocycles. The highest BCUT2D eigenvalue weighted by molar-refractivity contribution is 5.65. The first-order valence-electron chi connectivity index (χ1n) is 6.43. The number of hydrogen-bond acceptors (Lipinski definition) is 4. The molecule has 0 spiro atoms. The summed E-state index contributed by atoms with van der Waals surface area (Å²) < 4.78 is 37.9. The molecule has 0 aliphatic carbocycles. The van der Waals surface area contributed by atoms with Crippen LogP contribution in [0.2, 0.25) is 0 Å². The number of halogens is 3. The lowest BCUT2D eigenvalue weighted by Crippen LogP contribution is -2.42. The molecule has 0 bridgehead atoms. The Hall–Kier alpha value is -1.83. The molecule has 0 radical (unpaired) electrons. The quantitative estimate of drug-likeness (QED) is 0.674. The van der Waals surface area contributed by atoms with Gasteiger partial charge in [-0.3, -0.25) is 10.1 Å². The number of piperidine rings is 1. The summed E-state index contributed by atoms with van der Waals surface area (Å²) in [6.07, 6.45) is -3.80. The van der Waals surface area contributed by atoms with Gasteiger partial charge in [-0.1, -0.05) is 0 Å². The highest BCUT2D eigenvalue weighted by Crippen LogP contribution is 2.37. The van der Waals surface area contributed by atoms with E-state index in [-0.39, 0.29) is 5.69 Å². The molecule has 1 heterocycles. The Morgan fingerprint density at radius 1 is 1.33 bits per heavy atom. The average molecular weight is 304 g/mol. The number of anilines is 1. The molecular weight excluding hydrogens is 289 g/mol. The van der Waals surface area contributed by atoms with E-state index in [0.717, 1.165) is 12.1 Å². The number of nitro benzene ring substituents is 1. The van der Waals surface area contributed by atoms with Crippen molar-refractivity contribution in [1.82, 2.24) is 0 Å². The molecule has 0 amide bonds. The summed E-state index contributed by atoms with van der Waals surface area (Å²) in [6.45, 7) is 2.39. The lowest BCUT2D eigenvalue weighted by atomic mass is 9.93. The summed E-state index contributed by atoms with van der Waals surface area (Å²) >= 11 is 0. The maximum absolute atomic E-state index is 12.6. The van der Waals surface area contributed by atoms with Crippen LogP contribution in [0.15, 0.2) is 18.2 Å². The van der Waals surface area contributed by atoms with Crippen LogP contribution in [0.25, 0.3) is 0 Å². The van der Waals surface area contributed by atoms with Gasteiger partial charge in [0.2, 0.25) is 0 Å². The standard InChI is InChI=1S/C13H15F3N2O3/c1-12(19)4-6-17(7-5-12)10-3-2-9(13(14,15)16)8-11(10)18(20)21/h2-3,8,19H,4-7H2,1H3. The molecule has 0 saturated carbocycles. The fraction of sp³-hybridized carbons (Fsp3) is 0.538. The Kier molecular flexibility index (Phi) is 3.83. The van der Waals surface area contributed by atoms with Gasteiger partial charge in [0, 0.05) is 19.2 Å². The molecule has 1 fully saturated rings. The Balaban J connectivity index is 2.34. The third kappa shape index (κ3) is 3.44. The summed E-state index contributed by atoms with van der Waals surface area (Å²) in [5, 5.41) is 20.9. The minimum Gasteiger partial charge on any atom is -0.390 e. The van der Waals surface area contributed by atoms with Crippen LogP contribution >= 0.6 is 0 Å². The van der Waals surface area contributed by atoms with E-state index in [2.05, 4.69) is 0 Å². The summed E-state index contributed by atoms with van der Waals surface area (Å²) in [7, 11) is 0. The minimum atomic E-state index is -4.62. The van der Waals surface area contributed by atoms with E-state index in [1.54, 1.807) is 11.8 Å². The van der Waals surface area contributed by atoms with Crippen LogP contribution in [0.5, 0.6) is 0 Å². The second-order valence-corrected chi connectivity index (χ2v) is 5.44. The van der Waals surface area contributed by atoms with E-state index in [1.807, 2.05) is 0 Å². The van der Waals surface area contributed by atoms with E-state index in [1.165, 1.54) is 0 Å². The van der Waals surface area contributed by atoms with Crippen LogP contribution in [0, 0.1) is 10.1 Å². The van der Waals surface area contributed by atoms with Crippen molar-refractivity contribution in [2.24, 2.45) is 0 Å². The van der Waals surface area contributed by atoms with Crippen LogP contribution in [-0.2, 0) is 6.18 Å². The number of hydrogen-bond donors (Lipinski definition) is 1. The lowest BCUT2D eigenvalue weighted by Gasteiger charge is -2.36. The second kappa shape index (κ2) is 5.18. The first-order chi connectivity index (χ1) is 9.60. The molecular formula is C13H15F3N2O3. The fourth-order valence-corrected chi connectivity index (χ4v) is 2.34. The monoisotopic (exact) mass is 304 g/mol. The van der Waals surface area contributed by atoms with Gasteiger partial charge in [0.25, 0.3) is 5.69 Å². The Bertz CT molecular complexity index is 548. The predicted octanol–water partition coefficient (Wildman–Crippen LogP) is 2.96. The topological polar surface area (TPSA) is 66.6 Å². The van der Waals surface area contributed by atoms with Crippen LogP contribution in [-0.4, -0.2) is 28.7 Å². The molecule has 8 heteroatoms. The van der Waals surface area contributed by atoms with E-state index in [0.29, 0.717) is 32.0 Å². The van der Waals surface area contributed by atoms with Gasteiger partial charge < -0.3 is 10.0 Å². The predicted molar refractivity (Wildman–Crippen MR) is 70.2 cm³/mol. The van der Waals surface area contributed by atoms with Gasteiger partial charge in [-0.2, -0.15) is 13.2 Å². The van der Waals surface area contributed by atoms with Crippen molar-refractivity contribution in [2.45, 2.75) is 31.5 Å². The second-order valence-electron chi connectivity index (χ2n) is 5.44. The van der Waals surface area contributed by atoms with E-state index < -0.39 is 28.0 Å². The fourth-order valence-electron chi connectivity index (χ4n) is 2.34. The molecule has 116 valence electrons. The van der Waals surface area contributed by atoms with Crippen molar-refractivity contribution in [2.75, 3.05) is 18.0 Å². The normalized spacial score (nSPS) is 18.6. The van der Waals surface area contributed by atoms with Crippen LogP contribution in [0.4, 0.5) is 24.5 Å². The van der Waals surface area contributed by atoms with Crippen molar-refractivity contribution in [3.63, 3.8) is 0 Å². The van der Waals surface area contributed by atoms with Gasteiger partial charge >= 0.3 is 6.18 Å². The smallest absolute Gasteiger partial charge is 0.390 e. The maximum atomic E-state index is 12.6. The lowest BCUT2D eigenvalue weighted by molar-refractivity contribution is -0.384. The number of rotatable bonds is 2.